The monoisotopic (exact) mass is 686 g/mol. The molecule has 0 aliphatic carbocycles. The third-order valence-electron chi connectivity index (χ3n) is 11.8. The van der Waals surface area contributed by atoms with Gasteiger partial charge in [-0.1, -0.05) is 24.3 Å². The summed E-state index contributed by atoms with van der Waals surface area (Å²) in [5, 5.41) is 3.07. The van der Waals surface area contributed by atoms with E-state index in [1.165, 1.54) is 25.9 Å². The van der Waals surface area contributed by atoms with Crippen LogP contribution in [-0.2, 0) is 22.4 Å². The highest BCUT2D eigenvalue weighted by molar-refractivity contribution is 5.91. The van der Waals surface area contributed by atoms with Crippen molar-refractivity contribution >= 4 is 23.7 Å². The van der Waals surface area contributed by atoms with Crippen LogP contribution in [0.3, 0.4) is 0 Å². The zero-order valence-electron chi connectivity index (χ0n) is 29.2. The summed E-state index contributed by atoms with van der Waals surface area (Å²) in [5.74, 6) is 2.00. The molecule has 2 atom stereocenters. The van der Waals surface area contributed by atoms with E-state index in [0.717, 1.165) is 60.1 Å². The molecule has 2 bridgehead atoms. The summed E-state index contributed by atoms with van der Waals surface area (Å²) >= 11 is 0. The number of urea groups is 1. The molecule has 2 unspecified atom stereocenters. The minimum atomic E-state index is -0.958. The van der Waals surface area contributed by atoms with Crippen LogP contribution in [0.1, 0.15) is 42.4 Å². The first-order chi connectivity index (χ1) is 24.4. The van der Waals surface area contributed by atoms with Crippen molar-refractivity contribution in [3.8, 4) is 11.5 Å². The van der Waals surface area contributed by atoms with E-state index in [-0.39, 0.29) is 24.4 Å². The number of hydrogen-bond donors (Lipinski definition) is 1. The molecule has 9 rings (SSSR count). The molecule has 5 fully saturated rings. The molecular weight excluding hydrogens is 636 g/mol. The number of carbonyl (C=O) groups excluding carboxylic acids is 3. The van der Waals surface area contributed by atoms with Gasteiger partial charge in [-0.25, -0.2) is 9.59 Å². The number of benzene rings is 2. The van der Waals surface area contributed by atoms with Gasteiger partial charge in [-0.2, -0.15) is 0 Å². The second-order valence-corrected chi connectivity index (χ2v) is 14.8. The number of para-hydroxylation sites is 1. The van der Waals surface area contributed by atoms with Crippen LogP contribution in [0.5, 0.6) is 11.5 Å². The van der Waals surface area contributed by atoms with Crippen molar-refractivity contribution in [1.29, 1.82) is 0 Å². The molecule has 268 valence electrons. The van der Waals surface area contributed by atoms with E-state index in [0.29, 0.717) is 70.6 Å². The van der Waals surface area contributed by atoms with E-state index in [1.54, 1.807) is 4.90 Å². The Hall–Kier alpha value is -4.03. The van der Waals surface area contributed by atoms with Crippen molar-refractivity contribution < 1.29 is 28.6 Å². The molecule has 12 nitrogen and oxygen atoms in total. The van der Waals surface area contributed by atoms with E-state index in [4.69, 9.17) is 14.2 Å². The van der Waals surface area contributed by atoms with Crippen molar-refractivity contribution in [3.05, 3.63) is 53.1 Å². The van der Waals surface area contributed by atoms with Crippen LogP contribution in [0.4, 0.5) is 15.3 Å². The number of nitrogens with zero attached hydrogens (tertiary/aromatic N) is 5. The van der Waals surface area contributed by atoms with Gasteiger partial charge in [-0.15, -0.1) is 0 Å². The minimum Gasteiger partial charge on any atom is -0.486 e. The van der Waals surface area contributed by atoms with Gasteiger partial charge in [0.1, 0.15) is 13.2 Å². The lowest BCUT2D eigenvalue weighted by atomic mass is 9.83. The lowest BCUT2D eigenvalue weighted by Gasteiger charge is -2.51. The number of rotatable bonds is 6. The summed E-state index contributed by atoms with van der Waals surface area (Å²) in [4.78, 5) is 51.8. The fourth-order valence-corrected chi connectivity index (χ4v) is 9.03. The number of fused-ring (bicyclic) bond motifs is 5. The fourth-order valence-electron chi connectivity index (χ4n) is 9.03. The molecule has 1 N–H and O–H groups in total. The Morgan fingerprint density at radius 3 is 2.42 bits per heavy atom. The second-order valence-electron chi connectivity index (χ2n) is 14.8. The van der Waals surface area contributed by atoms with Gasteiger partial charge in [0.05, 0.1) is 0 Å². The molecule has 7 aliphatic rings. The number of aryl methyl sites for hydroxylation is 1. The van der Waals surface area contributed by atoms with E-state index in [1.807, 2.05) is 47.1 Å². The number of piperazine rings is 1. The molecule has 0 radical (unpaired) electrons. The summed E-state index contributed by atoms with van der Waals surface area (Å²) < 4.78 is 17.9. The third-order valence-corrected chi connectivity index (χ3v) is 11.8. The number of amides is 4. The zero-order chi connectivity index (χ0) is 34.2. The van der Waals surface area contributed by atoms with Crippen LogP contribution in [-0.4, -0.2) is 139 Å². The summed E-state index contributed by atoms with van der Waals surface area (Å²) in [6.45, 7) is 11.0. The molecule has 2 aromatic carbocycles. The highest BCUT2D eigenvalue weighted by Crippen LogP contribution is 2.36. The average Bonchev–Trinajstić information content (AvgIpc) is 3.33. The summed E-state index contributed by atoms with van der Waals surface area (Å²) in [6.07, 6.45) is 3.46. The number of nitrogens with one attached hydrogen (secondary N) is 1. The average molecular weight is 687 g/mol. The normalized spacial score (nSPS) is 26.1. The Labute approximate surface area is 294 Å². The van der Waals surface area contributed by atoms with Crippen LogP contribution < -0.4 is 14.8 Å². The van der Waals surface area contributed by atoms with E-state index >= 15 is 0 Å². The van der Waals surface area contributed by atoms with Crippen LogP contribution >= 0.6 is 0 Å². The smallest absolute Gasteiger partial charge is 0.410 e. The van der Waals surface area contributed by atoms with Crippen LogP contribution in [0.2, 0.25) is 0 Å². The molecule has 2 aromatic rings. The number of carbonyl (C=O) groups is 3. The van der Waals surface area contributed by atoms with Crippen molar-refractivity contribution in [2.24, 2.45) is 5.92 Å². The molecule has 0 spiro atoms. The van der Waals surface area contributed by atoms with Crippen LogP contribution in [0.15, 0.2) is 36.4 Å². The number of likely N-dealkylation sites (tertiary alicyclic amines) is 1. The lowest BCUT2D eigenvalue weighted by molar-refractivity contribution is -0.143. The quantitative estimate of drug-likeness (QED) is 0.492. The van der Waals surface area contributed by atoms with Crippen molar-refractivity contribution in [3.63, 3.8) is 0 Å². The highest BCUT2D eigenvalue weighted by Gasteiger charge is 2.40. The van der Waals surface area contributed by atoms with Gasteiger partial charge in [0.15, 0.2) is 17.6 Å². The van der Waals surface area contributed by atoms with E-state index in [9.17, 15) is 14.4 Å². The first-order valence-corrected chi connectivity index (χ1v) is 18.6. The Morgan fingerprint density at radius 1 is 0.900 bits per heavy atom. The standard InChI is InChI=1S/C38H50N6O6/c1-26-22-27(23-33-35(26)49-21-20-48-33)24-34(36(45)42-18-16-41(17-19-42)32-25-40-11-6-29(32)7-12-40)50-38(47)43-13-9-30(10-14-43)44-15-8-28-4-2-3-5-31(28)39-37(44)46/h2-5,22-23,29-30,32,34H,6-21,24-25H2,1H3,(H,39,46). The van der Waals surface area contributed by atoms with Crippen molar-refractivity contribution in [2.75, 3.05) is 84.0 Å². The maximum Gasteiger partial charge on any atom is 0.410 e. The summed E-state index contributed by atoms with van der Waals surface area (Å²) in [6, 6.07) is 12.4. The van der Waals surface area contributed by atoms with E-state index in [2.05, 4.69) is 21.2 Å². The van der Waals surface area contributed by atoms with Gasteiger partial charge < -0.3 is 39.1 Å². The SMILES string of the molecule is Cc1cc(CC(OC(=O)N2CCC(N3CCc4ccccc4NC3=O)CC2)C(=O)N2CCN(C3CN4CCC3CC4)CC2)cc2c1OCCO2. The number of anilines is 1. The van der Waals surface area contributed by atoms with Crippen molar-refractivity contribution in [1.82, 2.24) is 24.5 Å². The molecular formula is C38H50N6O6. The predicted octanol–water partition coefficient (Wildman–Crippen LogP) is 3.61. The topological polar surface area (TPSA) is 107 Å². The Kier molecular flexibility index (Phi) is 9.48. The fraction of sp³-hybridized carbons (Fsp3) is 0.605. The van der Waals surface area contributed by atoms with E-state index < -0.39 is 12.2 Å². The van der Waals surface area contributed by atoms with Gasteiger partial charge >= 0.3 is 12.1 Å². The molecule has 5 saturated heterocycles. The van der Waals surface area contributed by atoms with Crippen molar-refractivity contribution in [2.45, 2.75) is 63.6 Å². The number of hydrogen-bond acceptors (Lipinski definition) is 8. The Bertz CT molecular complexity index is 1580. The number of piperidine rings is 4. The maximum absolute atomic E-state index is 14.2. The predicted molar refractivity (Wildman–Crippen MR) is 188 cm³/mol. The lowest BCUT2D eigenvalue weighted by Crippen LogP contribution is -2.62. The first-order valence-electron chi connectivity index (χ1n) is 18.6. The Balaban J connectivity index is 0.922. The molecule has 12 heteroatoms. The number of ether oxygens (including phenoxy) is 3. The summed E-state index contributed by atoms with van der Waals surface area (Å²) in [5.41, 5.74) is 3.80. The third kappa shape index (κ3) is 6.84. The zero-order valence-corrected chi connectivity index (χ0v) is 29.2. The largest absolute Gasteiger partial charge is 0.486 e. The molecule has 4 amide bonds. The highest BCUT2D eigenvalue weighted by atomic mass is 16.6. The van der Waals surface area contributed by atoms with Gasteiger partial charge in [-0.3, -0.25) is 9.69 Å². The van der Waals surface area contributed by atoms with Gasteiger partial charge in [0, 0.05) is 76.5 Å². The molecule has 50 heavy (non-hydrogen) atoms. The maximum atomic E-state index is 14.2. The van der Waals surface area contributed by atoms with Gasteiger partial charge in [0.25, 0.3) is 5.91 Å². The first kappa shape index (κ1) is 33.1. The minimum absolute atomic E-state index is 0.0268. The Morgan fingerprint density at radius 2 is 1.66 bits per heavy atom. The van der Waals surface area contributed by atoms with Gasteiger partial charge in [-0.05, 0) is 86.9 Å². The molecule has 7 aliphatic heterocycles. The van der Waals surface area contributed by atoms with Crippen LogP contribution in [0.25, 0.3) is 0 Å². The van der Waals surface area contributed by atoms with Gasteiger partial charge in [0.2, 0.25) is 0 Å². The summed E-state index contributed by atoms with van der Waals surface area (Å²) in [7, 11) is 0. The second kappa shape index (κ2) is 14.3. The van der Waals surface area contributed by atoms with Crippen LogP contribution in [0, 0.1) is 12.8 Å². The molecule has 0 saturated carbocycles. The molecule has 7 heterocycles. The molecule has 0 aromatic heterocycles.